The monoisotopic (exact) mass is 265 g/mol. The molecule has 1 amide bonds. The predicted molar refractivity (Wildman–Crippen MR) is 78.4 cm³/mol. The third kappa shape index (κ3) is 4.13. The first kappa shape index (κ1) is 15.3. The Morgan fingerprint density at radius 3 is 2.37 bits per heavy atom. The van der Waals surface area contributed by atoms with Gasteiger partial charge >= 0.3 is 0 Å². The molecule has 0 unspecified atom stereocenters. The Labute approximate surface area is 114 Å². The van der Waals surface area contributed by atoms with E-state index in [-0.39, 0.29) is 12.5 Å². The van der Waals surface area contributed by atoms with E-state index in [1.54, 1.807) is 33.0 Å². The minimum atomic E-state index is -0.928. The van der Waals surface area contributed by atoms with Gasteiger partial charge in [-0.25, -0.2) is 0 Å². The number of anilines is 2. The number of amides is 1. The van der Waals surface area contributed by atoms with Gasteiger partial charge < -0.3 is 20.6 Å². The molecule has 0 spiro atoms. The predicted octanol–water partition coefficient (Wildman–Crippen LogP) is 1.18. The number of aliphatic hydroxyl groups is 1. The number of nitrogen functional groups attached to an aromatic ring is 1. The average Bonchev–Trinajstić information content (AvgIpc) is 2.25. The molecular formula is C14H23N3O2. The Kier molecular flexibility index (Phi) is 4.42. The summed E-state index contributed by atoms with van der Waals surface area (Å²) in [5.74, 6) is -0.155. The van der Waals surface area contributed by atoms with E-state index < -0.39 is 5.60 Å². The van der Waals surface area contributed by atoms with Gasteiger partial charge in [0.05, 0.1) is 11.2 Å². The van der Waals surface area contributed by atoms with E-state index in [9.17, 15) is 9.90 Å². The molecule has 0 atom stereocenters. The van der Waals surface area contributed by atoms with Crippen LogP contribution in [0.1, 0.15) is 24.2 Å². The Morgan fingerprint density at radius 2 is 1.89 bits per heavy atom. The minimum Gasteiger partial charge on any atom is -0.399 e. The van der Waals surface area contributed by atoms with Crippen LogP contribution in [0.2, 0.25) is 0 Å². The van der Waals surface area contributed by atoms with Crippen LogP contribution in [-0.2, 0) is 0 Å². The second kappa shape index (κ2) is 5.48. The third-order valence-corrected chi connectivity index (χ3v) is 2.70. The standard InChI is InChI=1S/C14H23N3O2/c1-14(2,19)9-17(5)13(18)11-8-10(15)6-7-12(11)16(3)4/h6-8,19H,9,15H2,1-5H3. The van der Waals surface area contributed by atoms with Gasteiger partial charge in [0.2, 0.25) is 0 Å². The summed E-state index contributed by atoms with van der Waals surface area (Å²) in [5, 5.41) is 9.79. The Hall–Kier alpha value is -1.75. The van der Waals surface area contributed by atoms with E-state index >= 15 is 0 Å². The van der Waals surface area contributed by atoms with Crippen molar-refractivity contribution in [3.05, 3.63) is 23.8 Å². The molecule has 5 heteroatoms. The molecule has 1 aromatic carbocycles. The molecule has 0 fully saturated rings. The fourth-order valence-corrected chi connectivity index (χ4v) is 1.97. The molecule has 19 heavy (non-hydrogen) atoms. The maximum absolute atomic E-state index is 12.4. The topological polar surface area (TPSA) is 69.8 Å². The number of rotatable bonds is 4. The normalized spacial score (nSPS) is 11.3. The van der Waals surface area contributed by atoms with E-state index in [0.717, 1.165) is 5.69 Å². The number of nitrogens with zero attached hydrogens (tertiary/aromatic N) is 2. The lowest BCUT2D eigenvalue weighted by atomic mass is 10.1. The number of hydrogen-bond donors (Lipinski definition) is 2. The van der Waals surface area contributed by atoms with Gasteiger partial charge in [-0.1, -0.05) is 0 Å². The van der Waals surface area contributed by atoms with E-state index in [0.29, 0.717) is 11.3 Å². The lowest BCUT2D eigenvalue weighted by Crippen LogP contribution is -2.40. The molecule has 0 radical (unpaired) electrons. The smallest absolute Gasteiger partial charge is 0.255 e. The zero-order chi connectivity index (χ0) is 14.8. The summed E-state index contributed by atoms with van der Waals surface area (Å²) < 4.78 is 0. The molecule has 0 saturated heterocycles. The largest absolute Gasteiger partial charge is 0.399 e. The highest BCUT2D eigenvalue weighted by atomic mass is 16.3. The summed E-state index contributed by atoms with van der Waals surface area (Å²) in [7, 11) is 5.42. The van der Waals surface area contributed by atoms with Crippen molar-refractivity contribution >= 4 is 17.3 Å². The zero-order valence-electron chi connectivity index (χ0n) is 12.3. The van der Waals surface area contributed by atoms with Crippen molar-refractivity contribution in [3.8, 4) is 0 Å². The van der Waals surface area contributed by atoms with E-state index in [2.05, 4.69) is 0 Å². The van der Waals surface area contributed by atoms with Gasteiger partial charge in [-0.05, 0) is 32.0 Å². The Bertz CT molecular complexity index is 464. The summed E-state index contributed by atoms with van der Waals surface area (Å²) in [4.78, 5) is 15.8. The van der Waals surface area contributed by atoms with Crippen molar-refractivity contribution in [1.82, 2.24) is 4.90 Å². The van der Waals surface area contributed by atoms with Gasteiger partial charge in [-0.2, -0.15) is 0 Å². The quantitative estimate of drug-likeness (QED) is 0.802. The number of carbonyl (C=O) groups excluding carboxylic acids is 1. The highest BCUT2D eigenvalue weighted by Crippen LogP contribution is 2.23. The van der Waals surface area contributed by atoms with Crippen LogP contribution in [0.25, 0.3) is 0 Å². The third-order valence-electron chi connectivity index (χ3n) is 2.70. The summed E-state index contributed by atoms with van der Waals surface area (Å²) in [6.45, 7) is 3.60. The van der Waals surface area contributed by atoms with E-state index in [4.69, 9.17) is 5.73 Å². The first-order valence-corrected chi connectivity index (χ1v) is 6.16. The fourth-order valence-electron chi connectivity index (χ4n) is 1.97. The Morgan fingerprint density at radius 1 is 1.32 bits per heavy atom. The van der Waals surface area contributed by atoms with Gasteiger partial charge in [0.15, 0.2) is 0 Å². The SMILES string of the molecule is CN(CC(C)(C)O)C(=O)c1cc(N)ccc1N(C)C. The first-order valence-electron chi connectivity index (χ1n) is 6.16. The molecule has 0 saturated carbocycles. The molecule has 5 nitrogen and oxygen atoms in total. The summed E-state index contributed by atoms with van der Waals surface area (Å²) >= 11 is 0. The van der Waals surface area contributed by atoms with E-state index in [1.165, 1.54) is 4.90 Å². The van der Waals surface area contributed by atoms with Crippen LogP contribution in [0, 0.1) is 0 Å². The molecule has 106 valence electrons. The van der Waals surface area contributed by atoms with Crippen LogP contribution in [0.5, 0.6) is 0 Å². The van der Waals surface area contributed by atoms with Gasteiger partial charge in [0.1, 0.15) is 0 Å². The number of carbonyl (C=O) groups is 1. The van der Waals surface area contributed by atoms with Crippen LogP contribution >= 0.6 is 0 Å². The molecule has 1 rings (SSSR count). The highest BCUT2D eigenvalue weighted by molar-refractivity contribution is 6.00. The van der Waals surface area contributed by atoms with Crippen molar-refractivity contribution in [2.45, 2.75) is 19.4 Å². The van der Waals surface area contributed by atoms with Crippen molar-refractivity contribution in [1.29, 1.82) is 0 Å². The number of likely N-dealkylation sites (N-methyl/N-ethyl adjacent to an activating group) is 1. The molecule has 0 aliphatic heterocycles. The average molecular weight is 265 g/mol. The molecule has 3 N–H and O–H groups in total. The van der Waals surface area contributed by atoms with Crippen molar-refractivity contribution < 1.29 is 9.90 Å². The molecular weight excluding hydrogens is 242 g/mol. The lowest BCUT2D eigenvalue weighted by molar-refractivity contribution is 0.0368. The van der Waals surface area contributed by atoms with Crippen LogP contribution < -0.4 is 10.6 Å². The maximum atomic E-state index is 12.4. The first-order chi connectivity index (χ1) is 8.61. The van der Waals surface area contributed by atoms with E-state index in [1.807, 2.05) is 25.1 Å². The summed E-state index contributed by atoms with van der Waals surface area (Å²) in [6.07, 6.45) is 0. The van der Waals surface area contributed by atoms with Crippen LogP contribution in [0.3, 0.4) is 0 Å². The van der Waals surface area contributed by atoms with Crippen LogP contribution in [-0.4, -0.2) is 49.2 Å². The lowest BCUT2D eigenvalue weighted by Gasteiger charge is -2.27. The maximum Gasteiger partial charge on any atom is 0.255 e. The van der Waals surface area contributed by atoms with Gasteiger partial charge in [-0.15, -0.1) is 0 Å². The Balaban J connectivity index is 3.08. The number of nitrogens with two attached hydrogens (primary N) is 1. The molecule has 0 bridgehead atoms. The number of hydrogen-bond acceptors (Lipinski definition) is 4. The molecule has 0 aliphatic rings. The molecule has 0 aromatic heterocycles. The summed E-state index contributed by atoms with van der Waals surface area (Å²) in [6, 6.07) is 5.25. The van der Waals surface area contributed by atoms with Crippen molar-refractivity contribution in [2.75, 3.05) is 38.3 Å². The molecule has 0 heterocycles. The van der Waals surface area contributed by atoms with Gasteiger partial charge in [-0.3, -0.25) is 4.79 Å². The van der Waals surface area contributed by atoms with Crippen LogP contribution in [0.4, 0.5) is 11.4 Å². The fraction of sp³-hybridized carbons (Fsp3) is 0.500. The van der Waals surface area contributed by atoms with Crippen LogP contribution in [0.15, 0.2) is 18.2 Å². The van der Waals surface area contributed by atoms with Gasteiger partial charge in [0, 0.05) is 39.1 Å². The zero-order valence-corrected chi connectivity index (χ0v) is 12.3. The molecule has 1 aromatic rings. The van der Waals surface area contributed by atoms with Crippen molar-refractivity contribution in [2.24, 2.45) is 0 Å². The second-order valence-electron chi connectivity index (χ2n) is 5.64. The second-order valence-corrected chi connectivity index (χ2v) is 5.64. The minimum absolute atomic E-state index is 0.155. The molecule has 0 aliphatic carbocycles. The number of benzene rings is 1. The van der Waals surface area contributed by atoms with Gasteiger partial charge in [0.25, 0.3) is 5.91 Å². The van der Waals surface area contributed by atoms with Crippen molar-refractivity contribution in [3.63, 3.8) is 0 Å². The summed E-state index contributed by atoms with van der Waals surface area (Å²) in [5.41, 5.74) is 6.72. The highest BCUT2D eigenvalue weighted by Gasteiger charge is 2.22.